The SMILES string of the molecule is C[C@@H]1CN([C@@H](C)CO)C(=O)c2cccc(NC(=O)Nc3ccc(C(F)(F)F)cc3)c2O[C@@H]1CN(C)Cc1ccc(Oc2ccccc2)cc1. The first-order valence-electron chi connectivity index (χ1n) is 15.9. The lowest BCUT2D eigenvalue weighted by Crippen LogP contribution is -2.49. The van der Waals surface area contributed by atoms with E-state index in [2.05, 4.69) is 15.5 Å². The number of halogens is 3. The Balaban J connectivity index is 1.34. The number of aliphatic hydroxyl groups excluding tert-OH is 1. The van der Waals surface area contributed by atoms with Crippen LogP contribution < -0.4 is 20.1 Å². The molecule has 49 heavy (non-hydrogen) atoms. The summed E-state index contributed by atoms with van der Waals surface area (Å²) in [5.41, 5.74) is 0.784. The van der Waals surface area contributed by atoms with Crippen LogP contribution >= 0.6 is 0 Å². The number of rotatable bonds is 10. The van der Waals surface area contributed by atoms with E-state index in [-0.39, 0.29) is 41.1 Å². The van der Waals surface area contributed by atoms with Gasteiger partial charge in [0.05, 0.1) is 29.5 Å². The second-order valence-electron chi connectivity index (χ2n) is 12.2. The number of aliphatic hydroxyl groups is 1. The Morgan fingerprint density at radius 2 is 1.65 bits per heavy atom. The topological polar surface area (TPSA) is 103 Å². The number of likely N-dealkylation sites (N-methyl/N-ethyl adjacent to an activating group) is 1. The zero-order valence-corrected chi connectivity index (χ0v) is 27.4. The van der Waals surface area contributed by atoms with Gasteiger partial charge >= 0.3 is 12.2 Å². The lowest BCUT2D eigenvalue weighted by molar-refractivity contribution is -0.137. The highest BCUT2D eigenvalue weighted by atomic mass is 19.4. The predicted octanol–water partition coefficient (Wildman–Crippen LogP) is 7.49. The molecule has 0 bridgehead atoms. The van der Waals surface area contributed by atoms with E-state index in [0.717, 1.165) is 41.3 Å². The van der Waals surface area contributed by atoms with Crippen LogP contribution in [0.15, 0.2) is 97.1 Å². The Morgan fingerprint density at radius 1 is 0.980 bits per heavy atom. The monoisotopic (exact) mass is 676 g/mol. The Bertz CT molecular complexity index is 1720. The molecule has 0 aromatic heterocycles. The largest absolute Gasteiger partial charge is 0.486 e. The smallest absolute Gasteiger partial charge is 0.416 e. The van der Waals surface area contributed by atoms with Crippen LogP contribution in [-0.4, -0.2) is 65.7 Å². The molecular formula is C37H39F3N4O5. The first kappa shape index (κ1) is 35.2. The fourth-order valence-corrected chi connectivity index (χ4v) is 5.56. The number of benzene rings is 4. The van der Waals surface area contributed by atoms with Gasteiger partial charge < -0.3 is 30.1 Å². The average molecular weight is 677 g/mol. The number of amides is 3. The number of carbonyl (C=O) groups is 2. The molecular weight excluding hydrogens is 637 g/mol. The molecule has 1 heterocycles. The normalized spacial score (nSPS) is 17.0. The molecule has 12 heteroatoms. The molecule has 0 saturated carbocycles. The number of hydrogen-bond acceptors (Lipinski definition) is 6. The molecule has 0 unspecified atom stereocenters. The Kier molecular flexibility index (Phi) is 11.1. The molecule has 3 N–H and O–H groups in total. The molecule has 5 rings (SSSR count). The van der Waals surface area contributed by atoms with E-state index in [1.54, 1.807) is 30.0 Å². The molecule has 0 radical (unpaired) electrons. The maximum absolute atomic E-state index is 13.8. The molecule has 9 nitrogen and oxygen atoms in total. The second-order valence-corrected chi connectivity index (χ2v) is 12.2. The van der Waals surface area contributed by atoms with Crippen molar-refractivity contribution in [2.24, 2.45) is 5.92 Å². The van der Waals surface area contributed by atoms with E-state index in [9.17, 15) is 27.9 Å². The lowest BCUT2D eigenvalue weighted by Gasteiger charge is -2.38. The number of anilines is 2. The Morgan fingerprint density at radius 3 is 2.31 bits per heavy atom. The van der Waals surface area contributed by atoms with Crippen LogP contribution in [0.4, 0.5) is 29.3 Å². The van der Waals surface area contributed by atoms with Crippen molar-refractivity contribution in [2.45, 2.75) is 38.7 Å². The van der Waals surface area contributed by atoms with Gasteiger partial charge in [-0.05, 0) is 80.2 Å². The molecule has 0 fully saturated rings. The number of urea groups is 1. The van der Waals surface area contributed by atoms with Crippen molar-refractivity contribution in [1.29, 1.82) is 0 Å². The molecule has 3 atom stereocenters. The summed E-state index contributed by atoms with van der Waals surface area (Å²) in [4.78, 5) is 30.5. The minimum Gasteiger partial charge on any atom is -0.486 e. The Labute approximate surface area is 283 Å². The highest BCUT2D eigenvalue weighted by Crippen LogP contribution is 2.35. The first-order valence-corrected chi connectivity index (χ1v) is 15.9. The number of fused-ring (bicyclic) bond motifs is 1. The summed E-state index contributed by atoms with van der Waals surface area (Å²) in [7, 11) is 1.96. The van der Waals surface area contributed by atoms with Crippen LogP contribution in [0.1, 0.15) is 35.3 Å². The van der Waals surface area contributed by atoms with Gasteiger partial charge in [-0.15, -0.1) is 0 Å². The summed E-state index contributed by atoms with van der Waals surface area (Å²) in [6, 6.07) is 25.0. The van der Waals surface area contributed by atoms with Gasteiger partial charge in [-0.3, -0.25) is 9.69 Å². The zero-order chi connectivity index (χ0) is 35.1. The van der Waals surface area contributed by atoms with Crippen molar-refractivity contribution in [3.05, 3.63) is 114 Å². The van der Waals surface area contributed by atoms with Crippen molar-refractivity contribution < 1.29 is 37.3 Å². The molecule has 4 aromatic carbocycles. The number of para-hydroxylation sites is 2. The highest BCUT2D eigenvalue weighted by Gasteiger charge is 2.35. The van der Waals surface area contributed by atoms with Crippen molar-refractivity contribution in [1.82, 2.24) is 9.80 Å². The number of nitrogens with one attached hydrogen (secondary N) is 2. The average Bonchev–Trinajstić information content (AvgIpc) is 3.07. The number of carbonyl (C=O) groups excluding carboxylic acids is 2. The number of nitrogens with zero attached hydrogens (tertiary/aromatic N) is 2. The fraction of sp³-hybridized carbons (Fsp3) is 0.297. The Hall–Kier alpha value is -5.07. The van der Waals surface area contributed by atoms with Gasteiger partial charge in [0.1, 0.15) is 17.6 Å². The van der Waals surface area contributed by atoms with Crippen LogP contribution in [-0.2, 0) is 12.7 Å². The van der Waals surface area contributed by atoms with Crippen molar-refractivity contribution in [3.63, 3.8) is 0 Å². The molecule has 1 aliphatic rings. The summed E-state index contributed by atoms with van der Waals surface area (Å²) in [5, 5.41) is 15.2. The predicted molar refractivity (Wildman–Crippen MR) is 181 cm³/mol. The molecule has 0 spiro atoms. The quantitative estimate of drug-likeness (QED) is 0.161. The number of alkyl halides is 3. The molecule has 4 aromatic rings. The van der Waals surface area contributed by atoms with Crippen molar-refractivity contribution in [2.75, 3.05) is 37.4 Å². The zero-order valence-electron chi connectivity index (χ0n) is 27.4. The van der Waals surface area contributed by atoms with Crippen LogP contribution in [0, 0.1) is 5.92 Å². The number of hydrogen-bond donors (Lipinski definition) is 3. The summed E-state index contributed by atoms with van der Waals surface area (Å²) in [6.07, 6.45) is -4.94. The van der Waals surface area contributed by atoms with E-state index < -0.39 is 29.9 Å². The standard InChI is InChI=1S/C37H39F3N4O5/c1-24-20-44(25(2)23-45)35(46)31-10-7-11-32(42-36(47)41-28-16-14-27(15-17-28)37(38,39)40)34(31)49-33(24)22-43(3)21-26-12-18-30(19-13-26)48-29-8-5-4-6-9-29/h4-19,24-25,33,45H,20-23H2,1-3H3,(H2,41,42,47)/t24-,25+,33-/m1/s1. The third-order valence-corrected chi connectivity index (χ3v) is 8.26. The lowest BCUT2D eigenvalue weighted by atomic mass is 9.99. The van der Waals surface area contributed by atoms with E-state index >= 15 is 0 Å². The summed E-state index contributed by atoms with van der Waals surface area (Å²) >= 11 is 0. The molecule has 1 aliphatic heterocycles. The van der Waals surface area contributed by atoms with Crippen molar-refractivity contribution >= 4 is 23.3 Å². The molecule has 258 valence electrons. The maximum atomic E-state index is 13.8. The van der Waals surface area contributed by atoms with Crippen molar-refractivity contribution in [3.8, 4) is 17.2 Å². The van der Waals surface area contributed by atoms with Crippen LogP contribution in [0.25, 0.3) is 0 Å². The van der Waals surface area contributed by atoms with Gasteiger partial charge in [0.2, 0.25) is 0 Å². The molecule has 0 saturated heterocycles. The maximum Gasteiger partial charge on any atom is 0.416 e. The summed E-state index contributed by atoms with van der Waals surface area (Å²) in [5.74, 6) is 1.09. The van der Waals surface area contributed by atoms with Gasteiger partial charge in [-0.2, -0.15) is 13.2 Å². The van der Waals surface area contributed by atoms with E-state index in [1.807, 2.05) is 68.6 Å². The third-order valence-electron chi connectivity index (χ3n) is 8.26. The van der Waals surface area contributed by atoms with Crippen LogP contribution in [0.5, 0.6) is 17.2 Å². The fourth-order valence-electron chi connectivity index (χ4n) is 5.56. The van der Waals surface area contributed by atoms with Crippen LogP contribution in [0.3, 0.4) is 0 Å². The first-order chi connectivity index (χ1) is 23.4. The summed E-state index contributed by atoms with van der Waals surface area (Å²) in [6.45, 7) is 4.88. The van der Waals surface area contributed by atoms with Gasteiger partial charge in [0, 0.05) is 31.2 Å². The third kappa shape index (κ3) is 9.09. The molecule has 3 amide bonds. The number of ether oxygens (including phenoxy) is 2. The molecule has 0 aliphatic carbocycles. The highest BCUT2D eigenvalue weighted by molar-refractivity contribution is 6.04. The summed E-state index contributed by atoms with van der Waals surface area (Å²) < 4.78 is 51.4. The van der Waals surface area contributed by atoms with E-state index in [4.69, 9.17) is 9.47 Å². The second kappa shape index (κ2) is 15.4. The minimum absolute atomic E-state index is 0.150. The van der Waals surface area contributed by atoms with E-state index in [1.165, 1.54) is 0 Å². The van der Waals surface area contributed by atoms with Crippen LogP contribution in [0.2, 0.25) is 0 Å². The van der Waals surface area contributed by atoms with Gasteiger partial charge in [-0.1, -0.05) is 43.3 Å². The van der Waals surface area contributed by atoms with E-state index in [0.29, 0.717) is 19.6 Å². The van der Waals surface area contributed by atoms with Gasteiger partial charge in [0.25, 0.3) is 5.91 Å². The van der Waals surface area contributed by atoms with Gasteiger partial charge in [-0.25, -0.2) is 4.79 Å². The minimum atomic E-state index is -4.50. The van der Waals surface area contributed by atoms with Gasteiger partial charge in [0.15, 0.2) is 5.75 Å².